The molecule has 0 spiro atoms. The molecule has 5 rings (SSSR count). The summed E-state index contributed by atoms with van der Waals surface area (Å²) < 4.78 is 0.271. The molecule has 39 heavy (non-hydrogen) atoms. The Labute approximate surface area is 245 Å². The van der Waals surface area contributed by atoms with Crippen LogP contribution in [0, 0.1) is 40.5 Å². The van der Waals surface area contributed by atoms with E-state index in [0.717, 1.165) is 0 Å². The summed E-state index contributed by atoms with van der Waals surface area (Å²) in [4.78, 5) is 0. The Morgan fingerprint density at radius 3 is 1.90 bits per heavy atom. The molecule has 205 valence electrons. The second-order valence-corrected chi connectivity index (χ2v) is 55.4. The van der Waals surface area contributed by atoms with Gasteiger partial charge < -0.3 is 0 Å². The first-order chi connectivity index (χ1) is 18.2. The van der Waals surface area contributed by atoms with Crippen molar-refractivity contribution in [2.24, 2.45) is 5.92 Å². The molecule has 0 aliphatic heterocycles. The Bertz CT molecular complexity index is 1560. The maximum atomic E-state index is 8.57. The van der Waals surface area contributed by atoms with Gasteiger partial charge in [-0.25, -0.2) is 0 Å². The van der Waals surface area contributed by atoms with Gasteiger partial charge in [-0.1, -0.05) is 0 Å². The minimum atomic E-state index is -4.74. The normalized spacial score (nSPS) is 19.6. The van der Waals surface area contributed by atoms with E-state index in [1.165, 1.54) is 72.3 Å². The standard InChI is InChI=1S/C17H15.C16H21.C2H7Si.2ClH.Zr/c1-12-10-16-13(2)8-9-15(17(16)11-12)14-6-4-3-5-7-14;1-9(2)14-7-15-12(5)10(3)11(4)13(6)16(15)8-14;1-3-2;;;/h3-11H,1-2H3;7-9H,1-6H3;3H,1-2H3;2*1H;/q;;;;;+2/p-2. The van der Waals surface area contributed by atoms with Gasteiger partial charge in [-0.15, -0.1) is 0 Å². The zero-order valence-electron chi connectivity index (χ0n) is 25.3. The van der Waals surface area contributed by atoms with Gasteiger partial charge in [0.1, 0.15) is 0 Å². The van der Waals surface area contributed by atoms with Gasteiger partial charge in [0.15, 0.2) is 0 Å². The number of allylic oxidation sites excluding steroid dienone is 2. The van der Waals surface area contributed by atoms with Gasteiger partial charge >= 0.3 is 247 Å². The molecule has 0 saturated heterocycles. The van der Waals surface area contributed by atoms with E-state index in [2.05, 4.69) is 123 Å². The average Bonchev–Trinajstić information content (AvgIpc) is 3.48. The number of benzene rings is 3. The molecule has 0 bridgehead atoms. The SMILES string of the molecule is CC1=Cc2c(-c3ccccc3)ccc(C)c2[CH]1[Zr]([Cl])([Cl])([CH]1C(C(C)C)=Cc2c(C)c(C)c(C)c(C)c21)[SiH](C)C. The van der Waals surface area contributed by atoms with Crippen LogP contribution in [-0.2, 0) is 15.6 Å². The summed E-state index contributed by atoms with van der Waals surface area (Å²) in [5, 5.41) is 0. The Balaban J connectivity index is 1.85. The molecule has 0 amide bonds. The Morgan fingerprint density at radius 2 is 1.31 bits per heavy atom. The zero-order valence-corrected chi connectivity index (χ0v) is 30.4. The molecule has 4 heteroatoms. The first-order valence-electron chi connectivity index (χ1n) is 14.5. The second-order valence-electron chi connectivity index (χ2n) is 12.9. The molecule has 0 aromatic heterocycles. The van der Waals surface area contributed by atoms with E-state index in [0.29, 0.717) is 5.92 Å². The summed E-state index contributed by atoms with van der Waals surface area (Å²) in [6.07, 6.45) is 4.92. The van der Waals surface area contributed by atoms with Crippen LogP contribution in [-0.4, -0.2) is 5.92 Å². The quantitative estimate of drug-likeness (QED) is 0.240. The van der Waals surface area contributed by atoms with Crippen molar-refractivity contribution >= 4 is 35.1 Å². The molecule has 3 aromatic carbocycles. The molecule has 2 atom stereocenters. The van der Waals surface area contributed by atoms with E-state index >= 15 is 0 Å². The summed E-state index contributed by atoms with van der Waals surface area (Å²) >= 11 is -4.74. The van der Waals surface area contributed by atoms with Crippen molar-refractivity contribution in [3.8, 4) is 11.1 Å². The Hall–Kier alpha value is -1.18. The van der Waals surface area contributed by atoms with Gasteiger partial charge in [-0.3, -0.25) is 0 Å². The fraction of sp³-hybridized carbons (Fsp3) is 0.371. The van der Waals surface area contributed by atoms with E-state index in [1.807, 2.05) is 0 Å². The van der Waals surface area contributed by atoms with Crippen molar-refractivity contribution in [2.45, 2.75) is 75.7 Å². The van der Waals surface area contributed by atoms with Crippen molar-refractivity contribution in [1.29, 1.82) is 0 Å². The number of aryl methyl sites for hydroxylation is 1. The van der Waals surface area contributed by atoms with Crippen molar-refractivity contribution in [1.82, 2.24) is 0 Å². The van der Waals surface area contributed by atoms with E-state index < -0.39 is 21.5 Å². The summed E-state index contributed by atoms with van der Waals surface area (Å²) in [7, 11) is 17.1. The molecule has 0 nitrogen and oxygen atoms in total. The topological polar surface area (TPSA) is 0 Å². The van der Waals surface area contributed by atoms with Crippen LogP contribution < -0.4 is 0 Å². The van der Waals surface area contributed by atoms with Crippen LogP contribution in [0.15, 0.2) is 53.6 Å². The third kappa shape index (κ3) is 4.14. The van der Waals surface area contributed by atoms with Crippen molar-refractivity contribution < 1.29 is 15.6 Å². The van der Waals surface area contributed by atoms with Crippen LogP contribution in [0.25, 0.3) is 23.3 Å². The second kappa shape index (κ2) is 9.97. The number of halogens is 2. The predicted molar refractivity (Wildman–Crippen MR) is 175 cm³/mol. The first kappa shape index (κ1) is 29.3. The summed E-state index contributed by atoms with van der Waals surface area (Å²) in [5.74, 6) is -1.18. The predicted octanol–water partition coefficient (Wildman–Crippen LogP) is 11.1. The molecule has 0 heterocycles. The Morgan fingerprint density at radius 1 is 0.692 bits per heavy atom. The molecular formula is C35H43Cl2SiZr. The molecule has 2 unspecified atom stereocenters. The van der Waals surface area contributed by atoms with Crippen LogP contribution in [0.5, 0.6) is 0 Å². The van der Waals surface area contributed by atoms with Gasteiger partial charge in [-0.2, -0.15) is 0 Å². The van der Waals surface area contributed by atoms with Crippen molar-refractivity contribution in [2.75, 3.05) is 0 Å². The first-order valence-corrected chi connectivity index (χ1v) is 30.8. The van der Waals surface area contributed by atoms with Crippen LogP contribution >= 0.6 is 17.0 Å². The van der Waals surface area contributed by atoms with E-state index in [-0.39, 0.29) is 7.25 Å². The van der Waals surface area contributed by atoms with Gasteiger partial charge in [0.05, 0.1) is 0 Å². The summed E-state index contributed by atoms with van der Waals surface area (Å²) in [5.41, 5.74) is 17.9. The molecule has 0 N–H and O–H groups in total. The molecule has 0 saturated carbocycles. The molecule has 0 fully saturated rings. The van der Waals surface area contributed by atoms with Crippen molar-refractivity contribution in [3.05, 3.63) is 104 Å². The fourth-order valence-electron chi connectivity index (χ4n) is 7.68. The summed E-state index contributed by atoms with van der Waals surface area (Å²) in [6, 6.07) is 15.4. The monoisotopic (exact) mass is 651 g/mol. The van der Waals surface area contributed by atoms with Gasteiger partial charge in [0.25, 0.3) is 0 Å². The molecule has 3 aromatic rings. The minimum absolute atomic E-state index is 0.125. The van der Waals surface area contributed by atoms with E-state index in [9.17, 15) is 0 Å². The van der Waals surface area contributed by atoms with Crippen molar-refractivity contribution in [3.63, 3.8) is 0 Å². The maximum absolute atomic E-state index is 8.57. The summed E-state index contributed by atoms with van der Waals surface area (Å²) in [6.45, 7) is 23.3. The van der Waals surface area contributed by atoms with Crippen LogP contribution in [0.4, 0.5) is 0 Å². The van der Waals surface area contributed by atoms with E-state index in [1.54, 1.807) is 0 Å². The molecule has 0 radical (unpaired) electrons. The molecule has 2 aliphatic carbocycles. The number of hydrogen-bond acceptors (Lipinski definition) is 0. The van der Waals surface area contributed by atoms with E-state index in [4.69, 9.17) is 17.0 Å². The van der Waals surface area contributed by atoms with Gasteiger partial charge in [0.2, 0.25) is 0 Å². The van der Waals surface area contributed by atoms with Gasteiger partial charge in [-0.05, 0) is 0 Å². The average molecular weight is 654 g/mol. The zero-order chi connectivity index (χ0) is 28.6. The fourth-order valence-corrected chi connectivity index (χ4v) is 39.9. The number of hydrogen-bond donors (Lipinski definition) is 0. The van der Waals surface area contributed by atoms with Gasteiger partial charge in [0, 0.05) is 0 Å². The van der Waals surface area contributed by atoms with Crippen LogP contribution in [0.1, 0.15) is 78.1 Å². The third-order valence-corrected chi connectivity index (χ3v) is 62.2. The number of rotatable bonds is 5. The number of fused-ring (bicyclic) bond motifs is 2. The third-order valence-electron chi connectivity index (χ3n) is 10.3. The Kier molecular flexibility index (Phi) is 7.50. The molecule has 2 aliphatic rings. The van der Waals surface area contributed by atoms with Crippen LogP contribution in [0.3, 0.4) is 0 Å². The molecular weight excluding hydrogens is 611 g/mol. The van der Waals surface area contributed by atoms with Crippen LogP contribution in [0.2, 0.25) is 13.1 Å².